The van der Waals surface area contributed by atoms with Gasteiger partial charge in [0.2, 0.25) is 5.78 Å². The number of hydrogen-bond acceptors (Lipinski definition) is 12. The van der Waals surface area contributed by atoms with Crippen LogP contribution >= 0.6 is 0 Å². The number of aliphatic hydroxyl groups is 3. The first kappa shape index (κ1) is 31.7. The number of phenolic OH excluding ortho intramolecular Hbond substituents is 2. The number of rotatable bonds is 7. The number of ketones is 2. The van der Waals surface area contributed by atoms with E-state index in [0.717, 1.165) is 0 Å². The van der Waals surface area contributed by atoms with Crippen molar-refractivity contribution >= 4 is 28.8 Å². The standard InChI is InChI=1S/C32H38N4O9/c1-31(36(4)5)21-11-15-10-16-18(35(2)3)12-17(34-13-14-7-8-20(45-6)19(37)9-14)25(38)23(16)26(39)22(15)28(41)32(21,44)29(42)24(27(31)40)30(33)43/h7-9,12,15,21,34,37-38,40-41,44H,10-11,13H2,1-6H3,(H2,33,43). The van der Waals surface area contributed by atoms with Gasteiger partial charge in [-0.05, 0) is 69.1 Å². The van der Waals surface area contributed by atoms with Crippen molar-refractivity contribution in [2.24, 2.45) is 17.6 Å². The van der Waals surface area contributed by atoms with E-state index in [-0.39, 0.29) is 42.0 Å². The molecule has 2 aromatic rings. The van der Waals surface area contributed by atoms with Crippen LogP contribution < -0.4 is 20.7 Å². The van der Waals surface area contributed by atoms with E-state index in [4.69, 9.17) is 10.5 Å². The Labute approximate surface area is 259 Å². The predicted octanol–water partition coefficient (Wildman–Crippen LogP) is 1.90. The minimum absolute atomic E-state index is 0.0216. The van der Waals surface area contributed by atoms with Gasteiger partial charge in [-0.15, -0.1) is 0 Å². The number of carbonyl (C=O) groups excluding carboxylic acids is 3. The van der Waals surface area contributed by atoms with Crippen LogP contribution in [0.3, 0.4) is 0 Å². The molecule has 0 fully saturated rings. The van der Waals surface area contributed by atoms with E-state index in [1.54, 1.807) is 51.3 Å². The van der Waals surface area contributed by atoms with Gasteiger partial charge in [0.25, 0.3) is 5.91 Å². The number of aromatic hydroxyl groups is 2. The molecule has 0 spiro atoms. The van der Waals surface area contributed by atoms with Crippen LogP contribution in [-0.4, -0.2) is 94.3 Å². The molecule has 0 bridgehead atoms. The smallest absolute Gasteiger partial charge is 0.255 e. The Balaban J connectivity index is 1.65. The normalized spacial score (nSPS) is 26.0. The molecule has 13 nitrogen and oxygen atoms in total. The molecule has 0 aliphatic heterocycles. The molecule has 1 amide bonds. The van der Waals surface area contributed by atoms with Gasteiger partial charge in [-0.1, -0.05) is 6.07 Å². The zero-order valence-corrected chi connectivity index (χ0v) is 25.9. The molecule has 0 saturated heterocycles. The fraction of sp³-hybridized carbons (Fsp3) is 0.406. The van der Waals surface area contributed by atoms with Gasteiger partial charge in [-0.2, -0.15) is 0 Å². The lowest BCUT2D eigenvalue weighted by atomic mass is 9.54. The summed E-state index contributed by atoms with van der Waals surface area (Å²) < 4.78 is 5.09. The summed E-state index contributed by atoms with van der Waals surface area (Å²) in [5.41, 5.74) is 1.96. The van der Waals surface area contributed by atoms with Crippen molar-refractivity contribution < 1.29 is 44.7 Å². The molecule has 0 saturated carbocycles. The van der Waals surface area contributed by atoms with Gasteiger partial charge < -0.3 is 46.2 Å². The lowest BCUT2D eigenvalue weighted by Crippen LogP contribution is -2.68. The number of fused-ring (bicyclic) bond motifs is 3. The quantitative estimate of drug-likeness (QED) is 0.175. The molecular weight excluding hydrogens is 584 g/mol. The minimum Gasteiger partial charge on any atom is -0.509 e. The van der Waals surface area contributed by atoms with E-state index in [1.807, 2.05) is 0 Å². The molecule has 0 radical (unpaired) electrons. The number of methoxy groups -OCH3 is 1. The van der Waals surface area contributed by atoms with Crippen LogP contribution in [0.5, 0.6) is 17.2 Å². The maximum atomic E-state index is 14.2. The van der Waals surface area contributed by atoms with Crippen LogP contribution in [0, 0.1) is 11.8 Å². The number of benzene rings is 2. The van der Waals surface area contributed by atoms with Crippen molar-refractivity contribution in [3.63, 3.8) is 0 Å². The summed E-state index contributed by atoms with van der Waals surface area (Å²) in [5, 5.41) is 59.5. The number of ether oxygens (including phenoxy) is 1. The summed E-state index contributed by atoms with van der Waals surface area (Å²) in [5.74, 6) is -6.95. The Bertz CT molecular complexity index is 1710. The first-order valence-electron chi connectivity index (χ1n) is 14.3. The molecule has 13 heteroatoms. The number of anilines is 2. The summed E-state index contributed by atoms with van der Waals surface area (Å²) in [6, 6.07) is 6.51. The van der Waals surface area contributed by atoms with E-state index in [9.17, 15) is 39.9 Å². The number of nitrogens with one attached hydrogen (secondary N) is 1. The second kappa shape index (κ2) is 10.7. The SMILES string of the molecule is COc1ccc(CNc2cc(N(C)C)c3c(c2O)C(=O)C2=C(O)C4(O)C(=O)C(C(N)=O)=C(O)C(C)(N(C)C)C4CC2C3)cc1O. The molecule has 45 heavy (non-hydrogen) atoms. The minimum atomic E-state index is -2.75. The number of carbonyl (C=O) groups is 3. The van der Waals surface area contributed by atoms with Gasteiger partial charge >= 0.3 is 0 Å². The Morgan fingerprint density at radius 1 is 1.09 bits per heavy atom. The van der Waals surface area contributed by atoms with Crippen molar-refractivity contribution in [2.75, 3.05) is 45.5 Å². The highest BCUT2D eigenvalue weighted by molar-refractivity contribution is 6.25. The molecule has 0 heterocycles. The third-order valence-electron chi connectivity index (χ3n) is 9.71. The van der Waals surface area contributed by atoms with Crippen LogP contribution in [0.25, 0.3) is 0 Å². The van der Waals surface area contributed by atoms with Crippen LogP contribution in [-0.2, 0) is 22.6 Å². The van der Waals surface area contributed by atoms with Gasteiger partial charge in [0.15, 0.2) is 22.9 Å². The van der Waals surface area contributed by atoms with Gasteiger partial charge in [0, 0.05) is 37.8 Å². The first-order chi connectivity index (χ1) is 21.0. The second-order valence-electron chi connectivity index (χ2n) is 12.4. The Morgan fingerprint density at radius 3 is 2.31 bits per heavy atom. The number of amides is 1. The Morgan fingerprint density at radius 2 is 1.76 bits per heavy atom. The van der Waals surface area contributed by atoms with Gasteiger partial charge in [0.05, 0.1) is 23.9 Å². The fourth-order valence-corrected chi connectivity index (χ4v) is 7.09. The highest BCUT2D eigenvalue weighted by Gasteiger charge is 2.67. The highest BCUT2D eigenvalue weighted by atomic mass is 16.5. The number of nitrogens with zero attached hydrogens (tertiary/aromatic N) is 2. The largest absolute Gasteiger partial charge is 0.509 e. The predicted molar refractivity (Wildman–Crippen MR) is 165 cm³/mol. The maximum absolute atomic E-state index is 14.2. The molecule has 4 unspecified atom stereocenters. The van der Waals surface area contributed by atoms with Crippen molar-refractivity contribution in [1.82, 2.24) is 4.90 Å². The highest BCUT2D eigenvalue weighted by Crippen LogP contribution is 2.56. The van der Waals surface area contributed by atoms with Crippen molar-refractivity contribution in [3.05, 3.63) is 63.6 Å². The van der Waals surface area contributed by atoms with E-state index in [0.29, 0.717) is 22.6 Å². The van der Waals surface area contributed by atoms with E-state index >= 15 is 0 Å². The summed E-state index contributed by atoms with van der Waals surface area (Å²) in [6.45, 7) is 1.69. The topological polar surface area (TPSA) is 206 Å². The summed E-state index contributed by atoms with van der Waals surface area (Å²) in [7, 11) is 8.17. The fourth-order valence-electron chi connectivity index (χ4n) is 7.09. The molecule has 5 rings (SSSR count). The van der Waals surface area contributed by atoms with Gasteiger partial charge in [0.1, 0.15) is 22.8 Å². The van der Waals surface area contributed by atoms with Crippen molar-refractivity contribution in [1.29, 1.82) is 0 Å². The molecular formula is C32H38N4O9. The average molecular weight is 623 g/mol. The van der Waals surface area contributed by atoms with E-state index < -0.39 is 63.3 Å². The zero-order chi connectivity index (χ0) is 33.3. The Kier molecular flexibility index (Phi) is 7.53. The second-order valence-corrected chi connectivity index (χ2v) is 12.4. The average Bonchev–Trinajstić information content (AvgIpc) is 2.96. The molecule has 240 valence electrons. The number of nitrogens with two attached hydrogens (primary N) is 1. The number of hydrogen-bond donors (Lipinski definition) is 7. The first-order valence-corrected chi connectivity index (χ1v) is 14.3. The monoisotopic (exact) mass is 622 g/mol. The number of allylic oxidation sites excluding steroid dienone is 1. The molecule has 2 aromatic carbocycles. The lowest BCUT2D eigenvalue weighted by molar-refractivity contribution is -0.155. The number of likely N-dealkylation sites (N-methyl/N-ethyl adjacent to an activating group) is 1. The third kappa shape index (κ3) is 4.40. The number of Topliss-reactive ketones (excluding diaryl/α,β-unsaturated/α-hetero) is 2. The zero-order valence-electron chi connectivity index (χ0n) is 25.9. The molecule has 4 atom stereocenters. The number of primary amides is 1. The maximum Gasteiger partial charge on any atom is 0.255 e. The number of aliphatic hydroxyl groups excluding tert-OH is 2. The van der Waals surface area contributed by atoms with Gasteiger partial charge in [-0.25, -0.2) is 0 Å². The third-order valence-corrected chi connectivity index (χ3v) is 9.71. The molecule has 0 aromatic heterocycles. The van der Waals surface area contributed by atoms with Crippen LogP contribution in [0.4, 0.5) is 11.4 Å². The summed E-state index contributed by atoms with van der Waals surface area (Å²) >= 11 is 0. The van der Waals surface area contributed by atoms with Crippen LogP contribution in [0.1, 0.15) is 34.8 Å². The molecule has 3 aliphatic carbocycles. The van der Waals surface area contributed by atoms with E-state index in [2.05, 4.69) is 5.32 Å². The lowest BCUT2D eigenvalue weighted by Gasteiger charge is -2.55. The van der Waals surface area contributed by atoms with Crippen molar-refractivity contribution in [3.8, 4) is 17.2 Å². The Hall–Kier alpha value is -4.75. The molecule has 3 aliphatic rings. The van der Waals surface area contributed by atoms with Gasteiger partial charge in [-0.3, -0.25) is 19.3 Å². The van der Waals surface area contributed by atoms with E-state index in [1.165, 1.54) is 25.0 Å². The summed E-state index contributed by atoms with van der Waals surface area (Å²) in [4.78, 5) is 43.5. The summed E-state index contributed by atoms with van der Waals surface area (Å²) in [6.07, 6.45) is 0.137. The van der Waals surface area contributed by atoms with Crippen LogP contribution in [0.2, 0.25) is 0 Å². The number of phenols is 2. The van der Waals surface area contributed by atoms with Crippen molar-refractivity contribution in [2.45, 2.75) is 37.5 Å². The molecule has 8 N–H and O–H groups in total. The van der Waals surface area contributed by atoms with Crippen LogP contribution in [0.15, 0.2) is 46.9 Å².